The molecule has 0 aliphatic carbocycles. The van der Waals surface area contributed by atoms with Gasteiger partial charge in [-0.15, -0.1) is 11.3 Å². The smallest absolute Gasteiger partial charge is 0.287 e. The van der Waals surface area contributed by atoms with Crippen LogP contribution >= 0.6 is 11.3 Å². The van der Waals surface area contributed by atoms with Gasteiger partial charge in [-0.1, -0.05) is 66.7 Å². The summed E-state index contributed by atoms with van der Waals surface area (Å²) in [5, 5.41) is 10.8. The lowest BCUT2D eigenvalue weighted by atomic mass is 10.1. The van der Waals surface area contributed by atoms with E-state index in [4.69, 9.17) is 0 Å². The second-order valence-corrected chi connectivity index (χ2v) is 7.64. The zero-order valence-electron chi connectivity index (χ0n) is 16.5. The summed E-state index contributed by atoms with van der Waals surface area (Å²) < 4.78 is 0. The van der Waals surface area contributed by atoms with Gasteiger partial charge in [0.25, 0.3) is 11.8 Å². The van der Waals surface area contributed by atoms with Gasteiger partial charge in [0.2, 0.25) is 0 Å². The van der Waals surface area contributed by atoms with Crippen molar-refractivity contribution in [2.75, 3.05) is 0 Å². The van der Waals surface area contributed by atoms with Crippen LogP contribution in [0, 0.1) is 0 Å². The van der Waals surface area contributed by atoms with E-state index in [1.165, 1.54) is 11.3 Å². The minimum absolute atomic E-state index is 0.117. The summed E-state index contributed by atoms with van der Waals surface area (Å²) in [5.41, 5.74) is 3.98. The Kier molecular flexibility index (Phi) is 6.30. The minimum atomic E-state index is -0.505. The average molecular weight is 426 g/mol. The maximum absolute atomic E-state index is 12.8. The Morgan fingerprint density at radius 3 is 2.42 bits per heavy atom. The van der Waals surface area contributed by atoms with Crippen LogP contribution < -0.4 is 10.7 Å². The average Bonchev–Trinajstić information content (AvgIpc) is 3.32. The van der Waals surface area contributed by atoms with Crippen molar-refractivity contribution in [2.24, 2.45) is 5.10 Å². The number of carbonyl (C=O) groups is 2. The van der Waals surface area contributed by atoms with Gasteiger partial charge in [0.15, 0.2) is 0 Å². The van der Waals surface area contributed by atoms with Gasteiger partial charge in [0.05, 0.1) is 6.21 Å². The van der Waals surface area contributed by atoms with Gasteiger partial charge in [-0.25, -0.2) is 5.43 Å². The molecule has 2 amide bonds. The van der Waals surface area contributed by atoms with Crippen LogP contribution in [0.1, 0.15) is 20.8 Å². The van der Waals surface area contributed by atoms with Gasteiger partial charge >= 0.3 is 0 Å². The highest BCUT2D eigenvalue weighted by Gasteiger charge is 2.14. The molecule has 0 bridgehead atoms. The number of nitrogens with zero attached hydrogens (tertiary/aromatic N) is 1. The highest BCUT2D eigenvalue weighted by atomic mass is 32.1. The van der Waals surface area contributed by atoms with Crippen molar-refractivity contribution >= 4 is 46.2 Å². The number of amides is 2. The molecule has 4 rings (SSSR count). The van der Waals surface area contributed by atoms with Gasteiger partial charge in [-0.05, 0) is 40.4 Å². The Balaban J connectivity index is 1.53. The van der Waals surface area contributed by atoms with E-state index < -0.39 is 5.91 Å². The van der Waals surface area contributed by atoms with Crippen LogP contribution in [0.15, 0.2) is 101 Å². The molecule has 4 aromatic rings. The van der Waals surface area contributed by atoms with E-state index >= 15 is 0 Å². The largest absolute Gasteiger partial charge is 0.317 e. The molecular weight excluding hydrogens is 406 g/mol. The molecule has 0 fully saturated rings. The predicted octanol–water partition coefficient (Wildman–Crippen LogP) is 4.82. The van der Waals surface area contributed by atoms with Gasteiger partial charge in [-0.3, -0.25) is 9.59 Å². The molecule has 152 valence electrons. The van der Waals surface area contributed by atoms with Crippen LogP contribution in [0.4, 0.5) is 0 Å². The number of rotatable bonds is 6. The quantitative estimate of drug-likeness (QED) is 0.264. The summed E-state index contributed by atoms with van der Waals surface area (Å²) in [6.45, 7) is 0. The van der Waals surface area contributed by atoms with Crippen molar-refractivity contribution in [1.82, 2.24) is 10.7 Å². The molecule has 3 aromatic carbocycles. The Hall–Kier alpha value is -4.03. The Bertz CT molecular complexity index is 1260. The fourth-order valence-corrected chi connectivity index (χ4v) is 3.70. The first-order valence-electron chi connectivity index (χ1n) is 9.63. The number of hydrogen-bond acceptors (Lipinski definition) is 4. The van der Waals surface area contributed by atoms with Crippen molar-refractivity contribution in [3.8, 4) is 0 Å². The highest BCUT2D eigenvalue weighted by Crippen LogP contribution is 2.17. The van der Waals surface area contributed by atoms with Crippen molar-refractivity contribution in [3.05, 3.63) is 112 Å². The standard InChI is InChI=1S/C25H19N3O2S/c29-24(19-9-2-1-3-10-19)27-23(16-21-13-7-15-31-21)25(30)28-26-17-20-12-6-11-18-8-4-5-14-22(18)20/h1-17H,(H,27,29)(H,28,30). The zero-order valence-corrected chi connectivity index (χ0v) is 17.3. The molecule has 0 saturated carbocycles. The number of thiophene rings is 1. The molecule has 0 spiro atoms. The van der Waals surface area contributed by atoms with Crippen molar-refractivity contribution < 1.29 is 9.59 Å². The van der Waals surface area contributed by atoms with Crippen LogP contribution in [-0.4, -0.2) is 18.0 Å². The third kappa shape index (κ3) is 5.12. The number of hydrazone groups is 1. The molecule has 6 heteroatoms. The number of benzene rings is 3. The maximum atomic E-state index is 12.8. The minimum Gasteiger partial charge on any atom is -0.317 e. The Morgan fingerprint density at radius 2 is 1.61 bits per heavy atom. The van der Waals surface area contributed by atoms with Crippen molar-refractivity contribution in [1.29, 1.82) is 0 Å². The Morgan fingerprint density at radius 1 is 0.839 bits per heavy atom. The molecule has 0 unspecified atom stereocenters. The van der Waals surface area contributed by atoms with Crippen molar-refractivity contribution in [2.45, 2.75) is 0 Å². The molecule has 5 nitrogen and oxygen atoms in total. The first kappa shape index (κ1) is 20.3. The topological polar surface area (TPSA) is 70.6 Å². The monoisotopic (exact) mass is 425 g/mol. The SMILES string of the molecule is O=C(NN=Cc1cccc2ccccc12)C(=Cc1cccs1)NC(=O)c1ccccc1. The van der Waals surface area contributed by atoms with E-state index in [1.807, 2.05) is 66.0 Å². The maximum Gasteiger partial charge on any atom is 0.287 e. The van der Waals surface area contributed by atoms with E-state index in [9.17, 15) is 9.59 Å². The molecule has 1 heterocycles. The lowest BCUT2D eigenvalue weighted by Crippen LogP contribution is -2.32. The van der Waals surface area contributed by atoms with Crippen LogP contribution in [0.25, 0.3) is 16.8 Å². The summed E-state index contributed by atoms with van der Waals surface area (Å²) in [5.74, 6) is -0.870. The van der Waals surface area contributed by atoms with Crippen LogP contribution in [0.3, 0.4) is 0 Å². The molecule has 0 atom stereocenters. The second kappa shape index (κ2) is 9.65. The molecule has 1 aromatic heterocycles. The van der Waals surface area contributed by atoms with Crippen LogP contribution in [-0.2, 0) is 4.79 Å². The van der Waals surface area contributed by atoms with E-state index in [1.54, 1.807) is 36.6 Å². The van der Waals surface area contributed by atoms with Gasteiger partial charge in [-0.2, -0.15) is 5.10 Å². The lowest BCUT2D eigenvalue weighted by molar-refractivity contribution is -0.117. The highest BCUT2D eigenvalue weighted by molar-refractivity contribution is 7.10. The van der Waals surface area contributed by atoms with Crippen LogP contribution in [0.5, 0.6) is 0 Å². The summed E-state index contributed by atoms with van der Waals surface area (Å²) in [6, 6.07) is 26.3. The molecule has 2 N–H and O–H groups in total. The molecule has 0 saturated heterocycles. The van der Waals surface area contributed by atoms with Gasteiger partial charge < -0.3 is 5.32 Å². The lowest BCUT2D eigenvalue weighted by Gasteiger charge is -2.09. The van der Waals surface area contributed by atoms with E-state index in [2.05, 4.69) is 15.8 Å². The summed E-state index contributed by atoms with van der Waals surface area (Å²) in [6.07, 6.45) is 3.23. The number of hydrogen-bond donors (Lipinski definition) is 2. The molecule has 0 radical (unpaired) electrons. The number of nitrogens with one attached hydrogen (secondary N) is 2. The van der Waals surface area contributed by atoms with Crippen LogP contribution in [0.2, 0.25) is 0 Å². The summed E-state index contributed by atoms with van der Waals surface area (Å²) in [7, 11) is 0. The zero-order chi connectivity index (χ0) is 21.5. The summed E-state index contributed by atoms with van der Waals surface area (Å²) >= 11 is 1.47. The number of carbonyl (C=O) groups excluding carboxylic acids is 2. The molecule has 0 aliphatic heterocycles. The van der Waals surface area contributed by atoms with Gasteiger partial charge in [0.1, 0.15) is 5.70 Å². The third-order valence-electron chi connectivity index (χ3n) is 4.55. The fraction of sp³-hybridized carbons (Fsp3) is 0. The van der Waals surface area contributed by atoms with Gasteiger partial charge in [0, 0.05) is 16.0 Å². The van der Waals surface area contributed by atoms with E-state index in [-0.39, 0.29) is 11.6 Å². The summed E-state index contributed by atoms with van der Waals surface area (Å²) in [4.78, 5) is 26.2. The molecule has 0 aliphatic rings. The fourth-order valence-electron chi connectivity index (χ4n) is 3.04. The molecular formula is C25H19N3O2S. The van der Waals surface area contributed by atoms with E-state index in [0.717, 1.165) is 21.2 Å². The molecule has 31 heavy (non-hydrogen) atoms. The first-order chi connectivity index (χ1) is 15.2. The van der Waals surface area contributed by atoms with E-state index in [0.29, 0.717) is 5.56 Å². The first-order valence-corrected chi connectivity index (χ1v) is 10.5. The second-order valence-electron chi connectivity index (χ2n) is 6.66. The third-order valence-corrected chi connectivity index (χ3v) is 5.37. The Labute approximate surface area is 183 Å². The predicted molar refractivity (Wildman–Crippen MR) is 126 cm³/mol. The number of fused-ring (bicyclic) bond motifs is 1. The normalized spacial score (nSPS) is 11.5. The van der Waals surface area contributed by atoms with Crippen molar-refractivity contribution in [3.63, 3.8) is 0 Å².